The van der Waals surface area contributed by atoms with E-state index in [1.54, 1.807) is 25.1 Å². The van der Waals surface area contributed by atoms with E-state index < -0.39 is 16.7 Å². The largest absolute Gasteiger partial charge is 0.451 e. The van der Waals surface area contributed by atoms with E-state index in [4.69, 9.17) is 4.42 Å². The van der Waals surface area contributed by atoms with Gasteiger partial charge in [-0.1, -0.05) is 36.4 Å². The van der Waals surface area contributed by atoms with Crippen molar-refractivity contribution in [2.75, 3.05) is 0 Å². The van der Waals surface area contributed by atoms with Crippen molar-refractivity contribution in [3.63, 3.8) is 0 Å². The molecule has 0 aliphatic carbocycles. The zero-order chi connectivity index (χ0) is 18.7. The normalized spacial score (nSPS) is 10.5. The lowest BCUT2D eigenvalue weighted by molar-refractivity contribution is -0.385. The first-order chi connectivity index (χ1) is 12.5. The van der Waals surface area contributed by atoms with E-state index in [1.165, 1.54) is 18.2 Å². The summed E-state index contributed by atoms with van der Waals surface area (Å²) in [5.41, 5.74) is 5.85. The molecule has 3 rings (SSSR count). The van der Waals surface area contributed by atoms with Gasteiger partial charge >= 0.3 is 5.91 Å². The minimum atomic E-state index is -0.602. The SMILES string of the molecule is Cc1c(C(=O)NNC(=O)Cc2ccccc2[N+](=O)[O-])oc2ccccc12. The molecule has 0 fully saturated rings. The zero-order valence-corrected chi connectivity index (χ0v) is 13.8. The quantitative estimate of drug-likeness (QED) is 0.553. The second-order valence-electron chi connectivity index (χ2n) is 5.62. The van der Waals surface area contributed by atoms with E-state index in [0.29, 0.717) is 11.1 Å². The maximum absolute atomic E-state index is 12.2. The van der Waals surface area contributed by atoms with Crippen molar-refractivity contribution in [1.82, 2.24) is 10.9 Å². The first-order valence-corrected chi connectivity index (χ1v) is 7.77. The van der Waals surface area contributed by atoms with Crippen molar-refractivity contribution in [2.24, 2.45) is 0 Å². The molecule has 8 nitrogen and oxygen atoms in total. The Morgan fingerprint density at radius 3 is 2.50 bits per heavy atom. The second-order valence-corrected chi connectivity index (χ2v) is 5.62. The van der Waals surface area contributed by atoms with Gasteiger partial charge in [-0.3, -0.25) is 30.6 Å². The Morgan fingerprint density at radius 2 is 1.77 bits per heavy atom. The van der Waals surface area contributed by atoms with Crippen LogP contribution in [0.5, 0.6) is 0 Å². The van der Waals surface area contributed by atoms with Crippen LogP contribution in [-0.4, -0.2) is 16.7 Å². The average Bonchev–Trinajstić information content (AvgIpc) is 2.97. The van der Waals surface area contributed by atoms with Crippen molar-refractivity contribution in [3.8, 4) is 0 Å². The summed E-state index contributed by atoms with van der Waals surface area (Å²) in [7, 11) is 0. The topological polar surface area (TPSA) is 114 Å². The van der Waals surface area contributed by atoms with Crippen LogP contribution in [0.25, 0.3) is 11.0 Å². The van der Waals surface area contributed by atoms with Crippen LogP contribution in [0.15, 0.2) is 52.9 Å². The highest BCUT2D eigenvalue weighted by atomic mass is 16.6. The molecule has 2 amide bonds. The second kappa shape index (κ2) is 7.06. The number of fused-ring (bicyclic) bond motifs is 1. The van der Waals surface area contributed by atoms with Gasteiger partial charge in [0, 0.05) is 22.6 Å². The Kier molecular flexibility index (Phi) is 4.66. The molecule has 2 aromatic carbocycles. The smallest absolute Gasteiger partial charge is 0.305 e. The number of hydrogen-bond donors (Lipinski definition) is 2. The Hall–Kier alpha value is -3.68. The van der Waals surface area contributed by atoms with Gasteiger partial charge in [0.05, 0.1) is 11.3 Å². The van der Waals surface area contributed by atoms with Crippen molar-refractivity contribution in [3.05, 3.63) is 75.5 Å². The summed E-state index contributed by atoms with van der Waals surface area (Å²) in [4.78, 5) is 34.7. The van der Waals surface area contributed by atoms with Crippen LogP contribution in [0.4, 0.5) is 5.69 Å². The molecule has 0 atom stereocenters. The molecule has 132 valence electrons. The molecule has 1 aromatic heterocycles. The predicted octanol–water partition coefficient (Wildman–Crippen LogP) is 2.65. The van der Waals surface area contributed by atoms with E-state index in [2.05, 4.69) is 10.9 Å². The molecule has 0 unspecified atom stereocenters. The van der Waals surface area contributed by atoms with Gasteiger partial charge in [0.1, 0.15) is 5.58 Å². The van der Waals surface area contributed by atoms with Gasteiger partial charge in [-0.05, 0) is 13.0 Å². The first-order valence-electron chi connectivity index (χ1n) is 7.77. The van der Waals surface area contributed by atoms with Crippen molar-refractivity contribution in [2.45, 2.75) is 13.3 Å². The molecule has 0 aliphatic heterocycles. The Bertz CT molecular complexity index is 1010. The number of para-hydroxylation sites is 2. The molecule has 0 saturated carbocycles. The molecule has 2 N–H and O–H groups in total. The Balaban J connectivity index is 1.67. The molecule has 0 bridgehead atoms. The third-order valence-corrected chi connectivity index (χ3v) is 3.90. The lowest BCUT2D eigenvalue weighted by atomic mass is 10.1. The van der Waals surface area contributed by atoms with Gasteiger partial charge in [-0.2, -0.15) is 0 Å². The molecule has 0 radical (unpaired) electrons. The number of hydrogen-bond acceptors (Lipinski definition) is 5. The molecule has 0 spiro atoms. The molecule has 8 heteroatoms. The predicted molar refractivity (Wildman–Crippen MR) is 93.4 cm³/mol. The van der Waals surface area contributed by atoms with Crippen molar-refractivity contribution in [1.29, 1.82) is 0 Å². The molecule has 1 heterocycles. The molecular weight excluding hydrogens is 338 g/mol. The maximum atomic E-state index is 12.2. The molecule has 3 aromatic rings. The number of amides is 2. The number of aryl methyl sites for hydroxylation is 1. The summed E-state index contributed by atoms with van der Waals surface area (Å²) in [5, 5.41) is 11.8. The number of nitro benzene ring substituents is 1. The van der Waals surface area contributed by atoms with Crippen LogP contribution in [0.1, 0.15) is 21.7 Å². The standard InChI is InChI=1S/C18H15N3O5/c1-11-13-7-3-5-9-15(13)26-17(11)18(23)20-19-16(22)10-12-6-2-4-8-14(12)21(24)25/h2-9H,10H2,1H3,(H,19,22)(H,20,23). The number of furan rings is 1. The number of nitrogens with zero attached hydrogens (tertiary/aromatic N) is 1. The number of hydrazine groups is 1. The summed E-state index contributed by atoms with van der Waals surface area (Å²) in [6, 6.07) is 13.1. The van der Waals surface area contributed by atoms with E-state index in [9.17, 15) is 19.7 Å². The van der Waals surface area contributed by atoms with E-state index in [1.807, 2.05) is 12.1 Å². The number of carbonyl (C=O) groups is 2. The fourth-order valence-electron chi connectivity index (χ4n) is 2.63. The molecule has 26 heavy (non-hydrogen) atoms. The van der Waals surface area contributed by atoms with Gasteiger partial charge in [0.15, 0.2) is 5.76 Å². The first kappa shape index (κ1) is 17.2. The highest BCUT2D eigenvalue weighted by Crippen LogP contribution is 2.24. The van der Waals surface area contributed by atoms with E-state index in [0.717, 1.165) is 5.39 Å². The van der Waals surface area contributed by atoms with Crippen molar-refractivity contribution < 1.29 is 18.9 Å². The number of benzene rings is 2. The summed E-state index contributed by atoms with van der Waals surface area (Å²) in [5.74, 6) is -1.09. The van der Waals surface area contributed by atoms with Crippen LogP contribution < -0.4 is 10.9 Å². The van der Waals surface area contributed by atoms with Gasteiger partial charge in [0.2, 0.25) is 5.91 Å². The van der Waals surface area contributed by atoms with Crippen LogP contribution in [0, 0.1) is 17.0 Å². The van der Waals surface area contributed by atoms with Crippen LogP contribution in [0.2, 0.25) is 0 Å². The lowest BCUT2D eigenvalue weighted by Crippen LogP contribution is -2.42. The Labute approximate surface area is 147 Å². The van der Waals surface area contributed by atoms with Gasteiger partial charge in [-0.25, -0.2) is 0 Å². The number of nitro groups is 1. The Morgan fingerprint density at radius 1 is 1.08 bits per heavy atom. The third kappa shape index (κ3) is 3.39. The molecule has 0 saturated heterocycles. The van der Waals surface area contributed by atoms with Crippen LogP contribution >= 0.6 is 0 Å². The van der Waals surface area contributed by atoms with E-state index in [-0.39, 0.29) is 23.4 Å². The maximum Gasteiger partial charge on any atom is 0.305 e. The zero-order valence-electron chi connectivity index (χ0n) is 13.8. The van der Waals surface area contributed by atoms with Gasteiger partial charge in [0.25, 0.3) is 5.69 Å². The lowest BCUT2D eigenvalue weighted by Gasteiger charge is -2.07. The fraction of sp³-hybridized carbons (Fsp3) is 0.111. The highest BCUT2D eigenvalue weighted by Gasteiger charge is 2.19. The van der Waals surface area contributed by atoms with Gasteiger partial charge < -0.3 is 4.42 Å². The van der Waals surface area contributed by atoms with Crippen LogP contribution in [0.3, 0.4) is 0 Å². The monoisotopic (exact) mass is 353 g/mol. The van der Waals surface area contributed by atoms with Gasteiger partial charge in [-0.15, -0.1) is 0 Å². The average molecular weight is 353 g/mol. The molecular formula is C18H15N3O5. The number of nitrogens with one attached hydrogen (secondary N) is 2. The number of rotatable bonds is 4. The number of carbonyl (C=O) groups excluding carboxylic acids is 2. The summed E-state index contributed by atoms with van der Waals surface area (Å²) in [6.07, 6.45) is -0.240. The summed E-state index contributed by atoms with van der Waals surface area (Å²) in [6.45, 7) is 1.75. The highest BCUT2D eigenvalue weighted by molar-refractivity contribution is 5.99. The molecule has 0 aliphatic rings. The fourth-order valence-corrected chi connectivity index (χ4v) is 2.63. The van der Waals surface area contributed by atoms with E-state index >= 15 is 0 Å². The summed E-state index contributed by atoms with van der Waals surface area (Å²) < 4.78 is 5.51. The minimum absolute atomic E-state index is 0.0946. The van der Waals surface area contributed by atoms with Crippen LogP contribution in [-0.2, 0) is 11.2 Å². The minimum Gasteiger partial charge on any atom is -0.451 e. The third-order valence-electron chi connectivity index (χ3n) is 3.90. The van der Waals surface area contributed by atoms with Crippen molar-refractivity contribution >= 4 is 28.5 Å². The summed E-state index contributed by atoms with van der Waals surface area (Å²) >= 11 is 0.